The van der Waals surface area contributed by atoms with E-state index in [4.69, 9.17) is 0 Å². The van der Waals surface area contributed by atoms with Gasteiger partial charge in [0.25, 0.3) is 6.43 Å². The lowest BCUT2D eigenvalue weighted by atomic mass is 10.0. The van der Waals surface area contributed by atoms with Crippen LogP contribution in [0.25, 0.3) is 0 Å². The van der Waals surface area contributed by atoms with Gasteiger partial charge in [0.05, 0.1) is 0 Å². The summed E-state index contributed by atoms with van der Waals surface area (Å²) in [5.41, 5.74) is 0.310. The second-order valence-electron chi connectivity index (χ2n) is 2.99. The first-order valence-corrected chi connectivity index (χ1v) is 4.86. The summed E-state index contributed by atoms with van der Waals surface area (Å²) in [4.78, 5) is 10.8. The van der Waals surface area contributed by atoms with Gasteiger partial charge in [-0.05, 0) is 18.6 Å². The average molecular weight is 263 g/mol. The molecular formula is C10H9BrF2O. The summed E-state index contributed by atoms with van der Waals surface area (Å²) in [5.74, 6) is -0.120. The fourth-order valence-electron chi connectivity index (χ4n) is 1.25. The van der Waals surface area contributed by atoms with Crippen LogP contribution in [0.15, 0.2) is 22.7 Å². The molecule has 0 aliphatic heterocycles. The zero-order valence-electron chi connectivity index (χ0n) is 7.56. The van der Waals surface area contributed by atoms with Crippen LogP contribution in [0.3, 0.4) is 0 Å². The van der Waals surface area contributed by atoms with Gasteiger partial charge >= 0.3 is 0 Å². The highest BCUT2D eigenvalue weighted by Crippen LogP contribution is 2.30. The van der Waals surface area contributed by atoms with Crippen LogP contribution in [0.5, 0.6) is 0 Å². The van der Waals surface area contributed by atoms with Crippen molar-refractivity contribution in [1.29, 1.82) is 0 Å². The number of benzene rings is 1. The van der Waals surface area contributed by atoms with Crippen molar-refractivity contribution in [3.05, 3.63) is 33.8 Å². The molecule has 0 saturated heterocycles. The van der Waals surface area contributed by atoms with Crippen molar-refractivity contribution in [2.24, 2.45) is 0 Å². The number of carbonyl (C=O) groups is 1. The fraction of sp³-hybridized carbons (Fsp3) is 0.300. The van der Waals surface area contributed by atoms with E-state index in [1.54, 1.807) is 18.2 Å². The Balaban J connectivity index is 3.14. The Morgan fingerprint density at radius 1 is 1.50 bits per heavy atom. The van der Waals surface area contributed by atoms with Crippen LogP contribution in [-0.4, -0.2) is 5.78 Å². The van der Waals surface area contributed by atoms with Crippen molar-refractivity contribution in [1.82, 2.24) is 0 Å². The largest absolute Gasteiger partial charge is 0.300 e. The number of rotatable bonds is 3. The smallest absolute Gasteiger partial charge is 0.265 e. The van der Waals surface area contributed by atoms with Crippen LogP contribution in [0.4, 0.5) is 8.78 Å². The van der Waals surface area contributed by atoms with Crippen molar-refractivity contribution in [3.63, 3.8) is 0 Å². The van der Waals surface area contributed by atoms with Crippen molar-refractivity contribution < 1.29 is 13.6 Å². The molecule has 4 heteroatoms. The number of halogens is 3. The molecule has 1 nitrogen and oxygen atoms in total. The van der Waals surface area contributed by atoms with Crippen molar-refractivity contribution in [2.75, 3.05) is 0 Å². The summed E-state index contributed by atoms with van der Waals surface area (Å²) in [6, 6.07) is 4.74. The molecule has 1 rings (SSSR count). The highest BCUT2D eigenvalue weighted by Gasteiger charge is 2.16. The SMILES string of the molecule is CC(=O)Cc1cccc(Br)c1C(F)F. The van der Waals surface area contributed by atoms with E-state index in [2.05, 4.69) is 15.9 Å². The molecule has 0 unspecified atom stereocenters. The molecule has 1 aromatic carbocycles. The van der Waals surface area contributed by atoms with Gasteiger partial charge in [0.2, 0.25) is 0 Å². The number of carbonyl (C=O) groups excluding carboxylic acids is 1. The Morgan fingerprint density at radius 2 is 2.14 bits per heavy atom. The van der Waals surface area contributed by atoms with E-state index in [1.807, 2.05) is 0 Å². The van der Waals surface area contributed by atoms with Crippen LogP contribution in [0, 0.1) is 0 Å². The lowest BCUT2D eigenvalue weighted by Crippen LogP contribution is -2.02. The highest BCUT2D eigenvalue weighted by molar-refractivity contribution is 9.10. The third-order valence-corrected chi connectivity index (χ3v) is 2.49. The molecule has 0 radical (unpaired) electrons. The highest BCUT2D eigenvalue weighted by atomic mass is 79.9. The van der Waals surface area contributed by atoms with Gasteiger partial charge in [-0.1, -0.05) is 28.1 Å². The summed E-state index contributed by atoms with van der Waals surface area (Å²) < 4.78 is 25.5. The molecule has 0 aliphatic carbocycles. The van der Waals surface area contributed by atoms with E-state index in [0.717, 1.165) is 0 Å². The van der Waals surface area contributed by atoms with Gasteiger partial charge in [-0.25, -0.2) is 8.78 Å². The van der Waals surface area contributed by atoms with Crippen LogP contribution in [0.2, 0.25) is 0 Å². The van der Waals surface area contributed by atoms with E-state index in [-0.39, 0.29) is 17.8 Å². The van der Waals surface area contributed by atoms with Gasteiger partial charge in [-0.15, -0.1) is 0 Å². The van der Waals surface area contributed by atoms with Crippen molar-refractivity contribution in [3.8, 4) is 0 Å². The summed E-state index contributed by atoms with van der Waals surface area (Å²) >= 11 is 3.05. The average Bonchev–Trinajstić information content (AvgIpc) is 2.01. The Labute approximate surface area is 89.3 Å². The van der Waals surface area contributed by atoms with E-state index in [1.165, 1.54) is 6.92 Å². The third kappa shape index (κ3) is 2.61. The number of Topliss-reactive ketones (excluding diaryl/α,β-unsaturated/α-hetero) is 1. The van der Waals surface area contributed by atoms with Gasteiger partial charge in [0.1, 0.15) is 5.78 Å². The Hall–Kier alpha value is -0.770. The molecule has 0 fully saturated rings. The maximum absolute atomic E-state index is 12.6. The lowest BCUT2D eigenvalue weighted by molar-refractivity contribution is -0.116. The Morgan fingerprint density at radius 3 is 2.64 bits per heavy atom. The first-order chi connectivity index (χ1) is 6.52. The van der Waals surface area contributed by atoms with Crippen molar-refractivity contribution >= 4 is 21.7 Å². The molecule has 0 amide bonds. The molecule has 0 aromatic heterocycles. The van der Waals surface area contributed by atoms with Gasteiger partial charge in [-0.2, -0.15) is 0 Å². The summed E-state index contributed by atoms with van der Waals surface area (Å²) in [6.45, 7) is 1.39. The van der Waals surface area contributed by atoms with Gasteiger partial charge < -0.3 is 0 Å². The molecule has 0 saturated carbocycles. The summed E-state index contributed by atoms with van der Waals surface area (Å²) in [6.07, 6.45) is -2.50. The molecule has 0 aliphatic rings. The van der Waals surface area contributed by atoms with Gasteiger partial charge in [0, 0.05) is 16.5 Å². The number of alkyl halides is 2. The second kappa shape index (κ2) is 4.64. The predicted molar refractivity (Wildman–Crippen MR) is 53.5 cm³/mol. The molecule has 14 heavy (non-hydrogen) atoms. The summed E-state index contributed by atoms with van der Waals surface area (Å²) in [5, 5.41) is 0. The molecule has 0 N–H and O–H groups in total. The quantitative estimate of drug-likeness (QED) is 0.815. The van der Waals surface area contributed by atoms with Gasteiger partial charge in [0.15, 0.2) is 0 Å². The molecule has 0 spiro atoms. The first kappa shape index (κ1) is 11.3. The maximum Gasteiger partial charge on any atom is 0.265 e. The topological polar surface area (TPSA) is 17.1 Å². The fourth-order valence-corrected chi connectivity index (χ4v) is 1.83. The molecular weight excluding hydrogens is 254 g/mol. The third-order valence-electron chi connectivity index (χ3n) is 1.80. The molecule has 1 aromatic rings. The van der Waals surface area contributed by atoms with E-state index >= 15 is 0 Å². The van der Waals surface area contributed by atoms with Crippen LogP contribution in [0.1, 0.15) is 24.5 Å². The van der Waals surface area contributed by atoms with Crippen LogP contribution < -0.4 is 0 Å². The Kier molecular flexibility index (Phi) is 3.75. The maximum atomic E-state index is 12.6. The number of ketones is 1. The van der Waals surface area contributed by atoms with Crippen LogP contribution >= 0.6 is 15.9 Å². The van der Waals surface area contributed by atoms with E-state index in [9.17, 15) is 13.6 Å². The number of hydrogen-bond acceptors (Lipinski definition) is 1. The van der Waals surface area contributed by atoms with E-state index in [0.29, 0.717) is 10.0 Å². The molecule has 76 valence electrons. The second-order valence-corrected chi connectivity index (χ2v) is 3.85. The minimum absolute atomic E-state index is 0.0547. The minimum Gasteiger partial charge on any atom is -0.300 e. The normalized spacial score (nSPS) is 10.6. The zero-order chi connectivity index (χ0) is 10.7. The zero-order valence-corrected chi connectivity index (χ0v) is 9.14. The van der Waals surface area contributed by atoms with Gasteiger partial charge in [-0.3, -0.25) is 4.79 Å². The Bertz CT molecular complexity index is 350. The van der Waals surface area contributed by atoms with Crippen molar-refractivity contribution in [2.45, 2.75) is 19.8 Å². The number of hydrogen-bond donors (Lipinski definition) is 0. The molecule has 0 heterocycles. The monoisotopic (exact) mass is 262 g/mol. The van der Waals surface area contributed by atoms with Crippen LogP contribution in [-0.2, 0) is 11.2 Å². The molecule has 0 bridgehead atoms. The minimum atomic E-state index is -2.56. The first-order valence-electron chi connectivity index (χ1n) is 4.07. The lowest BCUT2D eigenvalue weighted by Gasteiger charge is -2.09. The standard InChI is InChI=1S/C10H9BrF2O/c1-6(14)5-7-3-2-4-8(11)9(7)10(12)13/h2-4,10H,5H2,1H3. The summed E-state index contributed by atoms with van der Waals surface area (Å²) in [7, 11) is 0. The van der Waals surface area contributed by atoms with E-state index < -0.39 is 6.43 Å². The molecule has 0 atom stereocenters. The predicted octanol–water partition coefficient (Wildman–Crippen LogP) is 3.52.